The van der Waals surface area contributed by atoms with Gasteiger partial charge in [-0.1, -0.05) is 30.9 Å². The van der Waals surface area contributed by atoms with E-state index in [4.69, 9.17) is 4.74 Å². The number of pyridine rings is 1. The molecule has 2 aromatic rings. The Morgan fingerprint density at radius 2 is 2.08 bits per heavy atom. The van der Waals surface area contributed by atoms with Crippen molar-refractivity contribution in [2.45, 2.75) is 6.92 Å². The summed E-state index contributed by atoms with van der Waals surface area (Å²) in [5, 5.41) is 2.96. The van der Waals surface area contributed by atoms with Crippen LogP contribution in [-0.2, 0) is 14.3 Å². The van der Waals surface area contributed by atoms with Crippen LogP contribution in [0, 0.1) is 0 Å². The van der Waals surface area contributed by atoms with Gasteiger partial charge in [-0.15, -0.1) is 0 Å². The number of nitrogens with one attached hydrogen (secondary N) is 1. The van der Waals surface area contributed by atoms with E-state index in [9.17, 15) is 9.59 Å². The second kappa shape index (κ2) is 8.43. The van der Waals surface area contributed by atoms with Crippen molar-refractivity contribution in [1.29, 1.82) is 0 Å². The Morgan fingerprint density at radius 3 is 2.75 bits per heavy atom. The highest BCUT2D eigenvalue weighted by Crippen LogP contribution is 2.20. The molecular weight excluding hydrogens is 304 g/mol. The van der Waals surface area contributed by atoms with Gasteiger partial charge in [0.1, 0.15) is 12.2 Å². The molecule has 1 aromatic carbocycles. The van der Waals surface area contributed by atoms with Gasteiger partial charge >= 0.3 is 5.97 Å². The van der Waals surface area contributed by atoms with Crippen molar-refractivity contribution < 1.29 is 14.3 Å². The van der Waals surface area contributed by atoms with E-state index in [2.05, 4.69) is 16.9 Å². The Morgan fingerprint density at radius 1 is 1.25 bits per heavy atom. The molecule has 1 aromatic heterocycles. The molecule has 122 valence electrons. The molecule has 0 bridgehead atoms. The lowest BCUT2D eigenvalue weighted by atomic mass is 10.1. The molecular formula is C19H18N2O3. The fourth-order valence-corrected chi connectivity index (χ4v) is 1.97. The van der Waals surface area contributed by atoms with Crippen LogP contribution < -0.4 is 5.32 Å². The molecule has 0 saturated heterocycles. The molecule has 0 saturated carbocycles. The summed E-state index contributed by atoms with van der Waals surface area (Å²) < 4.78 is 4.90. The molecule has 0 aliphatic carbocycles. The maximum absolute atomic E-state index is 11.8. The molecule has 2 rings (SSSR count). The maximum atomic E-state index is 11.8. The number of Topliss-reactive ketones (excluding diaryl/α,β-unsaturated/α-hetero) is 1. The highest BCUT2D eigenvalue weighted by Gasteiger charge is 2.15. The molecule has 0 aliphatic heterocycles. The van der Waals surface area contributed by atoms with Crippen LogP contribution in [0.5, 0.6) is 0 Å². The number of hydrogen-bond acceptors (Lipinski definition) is 5. The molecule has 0 atom stereocenters. The van der Waals surface area contributed by atoms with E-state index in [1.807, 2.05) is 42.5 Å². The first-order chi connectivity index (χ1) is 11.6. The van der Waals surface area contributed by atoms with Crippen molar-refractivity contribution in [3.05, 3.63) is 73.1 Å². The molecule has 0 fully saturated rings. The Balaban J connectivity index is 2.18. The van der Waals surface area contributed by atoms with Crippen molar-refractivity contribution in [3.63, 3.8) is 0 Å². The second-order valence-electron chi connectivity index (χ2n) is 4.94. The van der Waals surface area contributed by atoms with Gasteiger partial charge in [0.05, 0.1) is 5.69 Å². The van der Waals surface area contributed by atoms with E-state index in [1.165, 1.54) is 19.2 Å². The minimum absolute atomic E-state index is 0.0542. The monoisotopic (exact) mass is 322 g/mol. The van der Waals surface area contributed by atoms with E-state index in [-0.39, 0.29) is 18.0 Å². The molecule has 24 heavy (non-hydrogen) atoms. The number of aromatic nitrogens is 1. The van der Waals surface area contributed by atoms with Gasteiger partial charge in [-0.25, -0.2) is 4.79 Å². The van der Waals surface area contributed by atoms with Gasteiger partial charge in [-0.3, -0.25) is 9.78 Å². The first-order valence-corrected chi connectivity index (χ1v) is 7.39. The van der Waals surface area contributed by atoms with E-state index in [0.717, 1.165) is 16.9 Å². The first kappa shape index (κ1) is 17.1. The predicted molar refractivity (Wildman–Crippen MR) is 93.2 cm³/mol. The number of esters is 1. The molecule has 0 unspecified atom stereocenters. The molecule has 0 radical (unpaired) electrons. The van der Waals surface area contributed by atoms with E-state index >= 15 is 0 Å². The van der Waals surface area contributed by atoms with Gasteiger partial charge in [-0.2, -0.15) is 0 Å². The van der Waals surface area contributed by atoms with Crippen LogP contribution >= 0.6 is 0 Å². The molecule has 1 heterocycles. The van der Waals surface area contributed by atoms with Gasteiger partial charge in [0.15, 0.2) is 5.78 Å². The third-order valence-corrected chi connectivity index (χ3v) is 3.14. The quantitative estimate of drug-likeness (QED) is 0.278. The third-order valence-electron chi connectivity index (χ3n) is 3.14. The zero-order chi connectivity index (χ0) is 17.4. The zero-order valence-electron chi connectivity index (χ0n) is 13.4. The lowest BCUT2D eigenvalue weighted by molar-refractivity contribution is -0.139. The van der Waals surface area contributed by atoms with Crippen molar-refractivity contribution in [2.75, 3.05) is 11.9 Å². The number of ether oxygens (including phenoxy) is 1. The molecule has 0 spiro atoms. The summed E-state index contributed by atoms with van der Waals surface area (Å²) in [6.45, 7) is 4.83. The van der Waals surface area contributed by atoms with Gasteiger partial charge in [-0.05, 0) is 31.2 Å². The number of nitrogens with zero attached hydrogens (tertiary/aromatic N) is 1. The SMILES string of the molecule is C=CCOC(=O)C(=CNc1cccc(-c2ccccn2)c1)C(C)=O. The average Bonchev–Trinajstić information content (AvgIpc) is 2.61. The predicted octanol–water partition coefficient (Wildman–Crippen LogP) is 3.36. The minimum atomic E-state index is -0.684. The first-order valence-electron chi connectivity index (χ1n) is 7.39. The third kappa shape index (κ3) is 4.64. The van der Waals surface area contributed by atoms with Crippen LogP contribution in [0.2, 0.25) is 0 Å². The Kier molecular flexibility index (Phi) is 6.02. The van der Waals surface area contributed by atoms with Crippen LogP contribution in [0.4, 0.5) is 5.69 Å². The summed E-state index contributed by atoms with van der Waals surface area (Å²) in [6.07, 6.45) is 4.52. The number of anilines is 1. The number of benzene rings is 1. The van der Waals surface area contributed by atoms with Crippen molar-refractivity contribution >= 4 is 17.4 Å². The second-order valence-corrected chi connectivity index (χ2v) is 4.94. The van der Waals surface area contributed by atoms with E-state index < -0.39 is 5.97 Å². The lowest BCUT2D eigenvalue weighted by Gasteiger charge is -2.07. The van der Waals surface area contributed by atoms with Crippen LogP contribution in [-0.4, -0.2) is 23.3 Å². The fourth-order valence-electron chi connectivity index (χ4n) is 1.97. The molecule has 5 nitrogen and oxygen atoms in total. The number of hydrogen-bond donors (Lipinski definition) is 1. The molecule has 0 aliphatic rings. The zero-order valence-corrected chi connectivity index (χ0v) is 13.4. The van der Waals surface area contributed by atoms with Crippen LogP contribution in [0.1, 0.15) is 6.92 Å². The van der Waals surface area contributed by atoms with Crippen molar-refractivity contribution in [3.8, 4) is 11.3 Å². The summed E-state index contributed by atoms with van der Waals surface area (Å²) in [5.74, 6) is -1.06. The van der Waals surface area contributed by atoms with Gasteiger partial charge in [0.25, 0.3) is 0 Å². The summed E-state index contributed by atoms with van der Waals surface area (Å²) in [6, 6.07) is 13.2. The van der Waals surface area contributed by atoms with E-state index in [0.29, 0.717) is 0 Å². The van der Waals surface area contributed by atoms with Crippen molar-refractivity contribution in [1.82, 2.24) is 4.98 Å². The number of rotatable bonds is 7. The molecule has 0 amide bonds. The Labute approximate surface area is 140 Å². The van der Waals surface area contributed by atoms with Crippen LogP contribution in [0.15, 0.2) is 73.1 Å². The van der Waals surface area contributed by atoms with Crippen LogP contribution in [0.25, 0.3) is 11.3 Å². The Bertz CT molecular complexity index is 767. The summed E-state index contributed by atoms with van der Waals surface area (Å²) >= 11 is 0. The summed E-state index contributed by atoms with van der Waals surface area (Å²) in [7, 11) is 0. The summed E-state index contributed by atoms with van der Waals surface area (Å²) in [5.41, 5.74) is 2.43. The number of carbonyl (C=O) groups is 2. The molecule has 5 heteroatoms. The summed E-state index contributed by atoms with van der Waals surface area (Å²) in [4.78, 5) is 27.8. The average molecular weight is 322 g/mol. The van der Waals surface area contributed by atoms with Gasteiger partial charge in [0, 0.05) is 23.6 Å². The number of ketones is 1. The largest absolute Gasteiger partial charge is 0.458 e. The van der Waals surface area contributed by atoms with E-state index in [1.54, 1.807) is 6.20 Å². The van der Waals surface area contributed by atoms with Gasteiger partial charge < -0.3 is 10.1 Å². The number of carbonyl (C=O) groups excluding carboxylic acids is 2. The van der Waals surface area contributed by atoms with Crippen molar-refractivity contribution in [2.24, 2.45) is 0 Å². The van der Waals surface area contributed by atoms with Crippen LogP contribution in [0.3, 0.4) is 0 Å². The Hall–Kier alpha value is -3.21. The topological polar surface area (TPSA) is 68.3 Å². The highest BCUT2D eigenvalue weighted by molar-refractivity contribution is 6.16. The lowest BCUT2D eigenvalue weighted by Crippen LogP contribution is -2.15. The standard InChI is InChI=1S/C19H18N2O3/c1-3-11-24-19(23)17(14(2)22)13-21-16-8-6-7-15(12-16)18-9-4-5-10-20-18/h3-10,12-13,21H,1,11H2,2H3. The minimum Gasteiger partial charge on any atom is -0.458 e. The maximum Gasteiger partial charge on any atom is 0.343 e. The smallest absolute Gasteiger partial charge is 0.343 e. The normalized spacial score (nSPS) is 10.8. The van der Waals surface area contributed by atoms with Gasteiger partial charge in [0.2, 0.25) is 0 Å². The highest BCUT2D eigenvalue weighted by atomic mass is 16.5. The fraction of sp³-hybridized carbons (Fsp3) is 0.105. The molecule has 1 N–H and O–H groups in total.